The lowest BCUT2D eigenvalue weighted by Gasteiger charge is -2.27. The van der Waals surface area contributed by atoms with E-state index in [2.05, 4.69) is 27.7 Å². The highest BCUT2D eigenvalue weighted by molar-refractivity contribution is 6.02. The fraction of sp³-hybridized carbons (Fsp3) is 0.450. The molecule has 0 aliphatic carbocycles. The van der Waals surface area contributed by atoms with Crippen LogP contribution < -0.4 is 5.56 Å². The van der Waals surface area contributed by atoms with E-state index in [1.807, 2.05) is 11.0 Å². The molecule has 0 radical (unpaired) electrons. The van der Waals surface area contributed by atoms with Gasteiger partial charge in [-0.25, -0.2) is 0 Å². The summed E-state index contributed by atoms with van der Waals surface area (Å²) in [4.78, 5) is 27.7. The first-order valence-electron chi connectivity index (χ1n) is 8.61. The highest BCUT2D eigenvalue weighted by Crippen LogP contribution is 2.20. The molecule has 0 aromatic carbocycles. The van der Waals surface area contributed by atoms with Crippen molar-refractivity contribution in [3.8, 4) is 6.07 Å². The Kier molecular flexibility index (Phi) is 5.63. The Morgan fingerprint density at radius 1 is 1.20 bits per heavy atom. The molecule has 2 heterocycles. The number of hydrogen-bond acceptors (Lipinski definition) is 3. The third kappa shape index (κ3) is 3.74. The molecule has 0 unspecified atom stereocenters. The Hall–Kier alpha value is -2.61. The molecule has 0 spiro atoms. The Morgan fingerprint density at radius 2 is 1.80 bits per heavy atom. The van der Waals surface area contributed by atoms with E-state index in [1.165, 1.54) is 4.40 Å². The lowest BCUT2D eigenvalue weighted by molar-refractivity contribution is 0.0716. The summed E-state index contributed by atoms with van der Waals surface area (Å²) in [5.74, 6) is 0.535. The predicted molar refractivity (Wildman–Crippen MR) is 98.7 cm³/mol. The summed E-state index contributed by atoms with van der Waals surface area (Å²) in [5.41, 5.74) is 1.10. The van der Waals surface area contributed by atoms with Gasteiger partial charge in [-0.3, -0.25) is 14.0 Å². The number of pyridine rings is 2. The molecule has 5 heteroatoms. The van der Waals surface area contributed by atoms with Crippen LogP contribution in [-0.4, -0.2) is 28.3 Å². The predicted octanol–water partition coefficient (Wildman–Crippen LogP) is 3.23. The fourth-order valence-corrected chi connectivity index (χ4v) is 3.10. The smallest absolute Gasteiger partial charge is 0.273 e. The molecule has 0 bridgehead atoms. The van der Waals surface area contributed by atoms with E-state index in [0.717, 1.165) is 0 Å². The monoisotopic (exact) mass is 339 g/mol. The van der Waals surface area contributed by atoms with Gasteiger partial charge >= 0.3 is 0 Å². The van der Waals surface area contributed by atoms with Crippen molar-refractivity contribution >= 4 is 11.4 Å². The lowest BCUT2D eigenvalue weighted by atomic mass is 10.0. The molecule has 0 atom stereocenters. The van der Waals surface area contributed by atoms with Crippen LogP contribution in [0.15, 0.2) is 29.2 Å². The fourth-order valence-electron chi connectivity index (χ4n) is 3.10. The van der Waals surface area contributed by atoms with Crippen molar-refractivity contribution < 1.29 is 4.79 Å². The highest BCUT2D eigenvalue weighted by Gasteiger charge is 2.25. The molecule has 5 nitrogen and oxygen atoms in total. The van der Waals surface area contributed by atoms with Crippen LogP contribution in [0.3, 0.4) is 0 Å². The van der Waals surface area contributed by atoms with Gasteiger partial charge < -0.3 is 4.90 Å². The van der Waals surface area contributed by atoms with Crippen molar-refractivity contribution in [2.45, 2.75) is 34.6 Å². The van der Waals surface area contributed by atoms with Gasteiger partial charge in [0.05, 0.1) is 11.1 Å². The summed E-state index contributed by atoms with van der Waals surface area (Å²) in [7, 11) is 0. The Morgan fingerprint density at radius 3 is 2.32 bits per heavy atom. The van der Waals surface area contributed by atoms with Gasteiger partial charge in [0, 0.05) is 19.3 Å². The summed E-state index contributed by atoms with van der Waals surface area (Å²) in [5, 5.41) is 9.41. The first-order valence-corrected chi connectivity index (χ1v) is 8.61. The van der Waals surface area contributed by atoms with Crippen molar-refractivity contribution in [3.63, 3.8) is 0 Å². The number of nitriles is 1. The average molecular weight is 339 g/mol. The van der Waals surface area contributed by atoms with Gasteiger partial charge in [-0.15, -0.1) is 0 Å². The number of fused-ring (bicyclic) bond motifs is 1. The minimum Gasteiger partial charge on any atom is -0.338 e. The zero-order chi connectivity index (χ0) is 18.7. The van der Waals surface area contributed by atoms with E-state index in [4.69, 9.17) is 0 Å². The highest BCUT2D eigenvalue weighted by atomic mass is 16.2. The lowest BCUT2D eigenvalue weighted by Crippen LogP contribution is -2.38. The van der Waals surface area contributed by atoms with E-state index in [0.29, 0.717) is 41.6 Å². The Labute approximate surface area is 148 Å². The van der Waals surface area contributed by atoms with Gasteiger partial charge in [0.15, 0.2) is 0 Å². The zero-order valence-corrected chi connectivity index (χ0v) is 15.5. The summed E-state index contributed by atoms with van der Waals surface area (Å²) < 4.78 is 1.39. The van der Waals surface area contributed by atoms with Crippen molar-refractivity contribution in [2.75, 3.05) is 13.1 Å². The van der Waals surface area contributed by atoms with Crippen LogP contribution in [0.4, 0.5) is 0 Å². The van der Waals surface area contributed by atoms with Gasteiger partial charge in [0.1, 0.15) is 11.6 Å². The number of amides is 1. The van der Waals surface area contributed by atoms with Gasteiger partial charge in [0.25, 0.3) is 11.5 Å². The second-order valence-electron chi connectivity index (χ2n) is 7.25. The van der Waals surface area contributed by atoms with E-state index < -0.39 is 0 Å². The van der Waals surface area contributed by atoms with Crippen LogP contribution in [0.2, 0.25) is 0 Å². The maximum atomic E-state index is 13.3. The number of carbonyl (C=O) groups is 1. The molecule has 0 aliphatic heterocycles. The third-order valence-corrected chi connectivity index (χ3v) is 4.08. The standard InChI is InChI=1S/C20H25N3O2/c1-13(2)11-22(12-14(3)4)20(25)18-15(5)16(10-21)19(24)23-9-7-6-8-17(18)23/h6-9,13-14H,11-12H2,1-5H3. The normalized spacial score (nSPS) is 11.1. The number of hydrogen-bond donors (Lipinski definition) is 0. The molecule has 1 amide bonds. The zero-order valence-electron chi connectivity index (χ0n) is 15.5. The SMILES string of the molecule is Cc1c(C#N)c(=O)n2ccccc2c1C(=O)N(CC(C)C)CC(C)C. The van der Waals surface area contributed by atoms with Crippen LogP contribution in [0.25, 0.3) is 5.52 Å². The Balaban J connectivity index is 2.72. The molecule has 0 saturated carbocycles. The van der Waals surface area contributed by atoms with Crippen LogP contribution in [0.5, 0.6) is 0 Å². The molecular weight excluding hydrogens is 314 g/mol. The quantitative estimate of drug-likeness (QED) is 0.840. The topological polar surface area (TPSA) is 65.6 Å². The van der Waals surface area contributed by atoms with Crippen molar-refractivity contribution in [1.82, 2.24) is 9.30 Å². The number of aromatic nitrogens is 1. The minimum atomic E-state index is -0.383. The Bertz CT molecular complexity index is 878. The molecule has 0 N–H and O–H groups in total. The van der Waals surface area contributed by atoms with Gasteiger partial charge in [-0.1, -0.05) is 33.8 Å². The molecule has 25 heavy (non-hydrogen) atoms. The molecular formula is C20H25N3O2. The van der Waals surface area contributed by atoms with Crippen molar-refractivity contribution in [1.29, 1.82) is 5.26 Å². The summed E-state index contributed by atoms with van der Waals surface area (Å²) in [6.07, 6.45) is 1.60. The number of nitrogens with zero attached hydrogens (tertiary/aromatic N) is 3. The largest absolute Gasteiger partial charge is 0.338 e. The first kappa shape index (κ1) is 18.7. The van der Waals surface area contributed by atoms with Crippen LogP contribution in [0.1, 0.15) is 49.2 Å². The van der Waals surface area contributed by atoms with Crippen LogP contribution in [-0.2, 0) is 0 Å². The first-order chi connectivity index (χ1) is 11.8. The summed E-state index contributed by atoms with van der Waals surface area (Å²) in [6.45, 7) is 11.2. The molecule has 0 aliphatic rings. The van der Waals surface area contributed by atoms with Gasteiger partial charge in [-0.2, -0.15) is 5.26 Å². The van der Waals surface area contributed by atoms with E-state index in [9.17, 15) is 14.9 Å². The molecule has 2 aromatic rings. The molecule has 2 rings (SSSR count). The number of rotatable bonds is 5. The molecule has 0 fully saturated rings. The van der Waals surface area contributed by atoms with Crippen LogP contribution in [0, 0.1) is 30.1 Å². The van der Waals surface area contributed by atoms with Crippen LogP contribution >= 0.6 is 0 Å². The second kappa shape index (κ2) is 7.52. The van der Waals surface area contributed by atoms with E-state index in [-0.39, 0.29) is 17.0 Å². The van der Waals surface area contributed by atoms with Crippen molar-refractivity contribution in [2.24, 2.45) is 11.8 Å². The summed E-state index contributed by atoms with van der Waals surface area (Å²) in [6, 6.07) is 7.24. The van der Waals surface area contributed by atoms with Gasteiger partial charge in [0.2, 0.25) is 0 Å². The second-order valence-corrected chi connectivity index (χ2v) is 7.25. The third-order valence-electron chi connectivity index (χ3n) is 4.08. The maximum absolute atomic E-state index is 13.3. The summed E-state index contributed by atoms with van der Waals surface area (Å²) >= 11 is 0. The minimum absolute atomic E-state index is 0.0288. The van der Waals surface area contributed by atoms with Gasteiger partial charge in [-0.05, 0) is 36.5 Å². The van der Waals surface area contributed by atoms with E-state index in [1.54, 1.807) is 31.3 Å². The maximum Gasteiger partial charge on any atom is 0.273 e. The number of carbonyl (C=O) groups excluding carboxylic acids is 1. The average Bonchev–Trinajstić information content (AvgIpc) is 2.54. The van der Waals surface area contributed by atoms with E-state index >= 15 is 0 Å². The van der Waals surface area contributed by atoms with Crippen molar-refractivity contribution in [3.05, 3.63) is 51.4 Å². The molecule has 2 aromatic heterocycles. The molecule has 132 valence electrons. The molecule has 0 saturated heterocycles.